The fourth-order valence-electron chi connectivity index (χ4n) is 3.16. The molecule has 0 bridgehead atoms. The average molecular weight is 323 g/mol. The molecule has 0 atom stereocenters. The van der Waals surface area contributed by atoms with Gasteiger partial charge in [0.1, 0.15) is 25.1 Å². The molecule has 24 heavy (non-hydrogen) atoms. The third kappa shape index (κ3) is 3.32. The summed E-state index contributed by atoms with van der Waals surface area (Å²) in [6.07, 6.45) is 8.14. The van der Waals surface area contributed by atoms with Gasteiger partial charge >= 0.3 is 0 Å². The van der Waals surface area contributed by atoms with Crippen LogP contribution in [0.25, 0.3) is 6.08 Å². The lowest BCUT2D eigenvalue weighted by atomic mass is 9.94. The number of nitrogens with zero attached hydrogens (tertiary/aromatic N) is 2. The molecule has 0 saturated carbocycles. The monoisotopic (exact) mass is 323 g/mol. The van der Waals surface area contributed by atoms with Crippen LogP contribution in [0.4, 0.5) is 0 Å². The highest BCUT2D eigenvalue weighted by atomic mass is 16.5. The van der Waals surface area contributed by atoms with E-state index >= 15 is 0 Å². The van der Waals surface area contributed by atoms with Gasteiger partial charge in [-0.15, -0.1) is 0 Å². The highest BCUT2D eigenvalue weighted by molar-refractivity contribution is 6.12. The van der Waals surface area contributed by atoms with Gasteiger partial charge in [-0.2, -0.15) is 0 Å². The SMILES string of the molecule is COc1ccc(/C=C2\CCC[N+](C)=C2c2cccnc2)c(OC)c1. The second-order valence-corrected chi connectivity index (χ2v) is 5.89. The maximum absolute atomic E-state index is 5.54. The molecule has 1 aromatic carbocycles. The first-order valence-electron chi connectivity index (χ1n) is 8.14. The summed E-state index contributed by atoms with van der Waals surface area (Å²) in [6.45, 7) is 1.06. The standard InChI is InChI=1S/C20H23N2O2/c1-22-11-5-7-16(20(22)17-6-4-10-21-14-17)12-15-8-9-18(23-2)13-19(15)24-3/h4,6,8-10,12-14H,5,7,11H2,1-3H3/q+1/b16-12+. The van der Waals surface area contributed by atoms with E-state index in [2.05, 4.69) is 28.7 Å². The summed E-state index contributed by atoms with van der Waals surface area (Å²) in [5.74, 6) is 1.62. The first-order valence-corrected chi connectivity index (χ1v) is 8.14. The molecule has 0 aliphatic carbocycles. The van der Waals surface area contributed by atoms with Crippen LogP contribution >= 0.6 is 0 Å². The van der Waals surface area contributed by atoms with Crippen molar-refractivity contribution in [2.24, 2.45) is 0 Å². The average Bonchev–Trinajstić information content (AvgIpc) is 2.63. The van der Waals surface area contributed by atoms with E-state index in [9.17, 15) is 0 Å². The van der Waals surface area contributed by atoms with Crippen LogP contribution in [-0.4, -0.2) is 43.1 Å². The van der Waals surface area contributed by atoms with E-state index < -0.39 is 0 Å². The summed E-state index contributed by atoms with van der Waals surface area (Å²) in [5.41, 5.74) is 4.76. The van der Waals surface area contributed by atoms with Gasteiger partial charge in [0, 0.05) is 36.0 Å². The minimum atomic E-state index is 0.797. The van der Waals surface area contributed by atoms with Crippen molar-refractivity contribution in [3.8, 4) is 11.5 Å². The molecule has 1 aliphatic rings. The minimum absolute atomic E-state index is 0.797. The van der Waals surface area contributed by atoms with Gasteiger partial charge in [-0.1, -0.05) is 0 Å². The number of hydrogen-bond acceptors (Lipinski definition) is 3. The summed E-state index contributed by atoms with van der Waals surface area (Å²) >= 11 is 0. The van der Waals surface area contributed by atoms with Crippen molar-refractivity contribution in [3.05, 3.63) is 59.4 Å². The van der Waals surface area contributed by atoms with Crippen LogP contribution in [-0.2, 0) is 0 Å². The van der Waals surface area contributed by atoms with Crippen molar-refractivity contribution in [2.75, 3.05) is 27.8 Å². The van der Waals surface area contributed by atoms with E-state index in [1.807, 2.05) is 36.7 Å². The van der Waals surface area contributed by atoms with E-state index in [0.717, 1.165) is 42.0 Å². The smallest absolute Gasteiger partial charge is 0.211 e. The lowest BCUT2D eigenvalue weighted by molar-refractivity contribution is -0.499. The third-order valence-electron chi connectivity index (χ3n) is 4.33. The Morgan fingerprint density at radius 3 is 2.75 bits per heavy atom. The quantitative estimate of drug-likeness (QED) is 0.809. The number of rotatable bonds is 4. The predicted molar refractivity (Wildman–Crippen MR) is 96.2 cm³/mol. The Labute approximate surface area is 143 Å². The van der Waals surface area contributed by atoms with Crippen molar-refractivity contribution in [2.45, 2.75) is 12.8 Å². The van der Waals surface area contributed by atoms with Crippen LogP contribution in [0.2, 0.25) is 0 Å². The molecule has 2 aromatic rings. The van der Waals surface area contributed by atoms with Crippen molar-refractivity contribution in [3.63, 3.8) is 0 Å². The second kappa shape index (κ2) is 7.30. The molecule has 0 unspecified atom stereocenters. The normalized spacial score (nSPS) is 16.4. The Kier molecular flexibility index (Phi) is 4.94. The Morgan fingerprint density at radius 2 is 2.04 bits per heavy atom. The molecule has 1 aromatic heterocycles. The van der Waals surface area contributed by atoms with Gasteiger partial charge in [-0.05, 0) is 36.8 Å². The highest BCUT2D eigenvalue weighted by Crippen LogP contribution is 2.29. The summed E-state index contributed by atoms with van der Waals surface area (Å²) in [5, 5.41) is 0. The lowest BCUT2D eigenvalue weighted by Gasteiger charge is -2.16. The van der Waals surface area contributed by atoms with E-state index in [1.165, 1.54) is 11.3 Å². The zero-order valence-corrected chi connectivity index (χ0v) is 14.5. The number of aromatic nitrogens is 1. The molecule has 0 N–H and O–H groups in total. The Bertz CT molecular complexity index is 779. The van der Waals surface area contributed by atoms with E-state index in [-0.39, 0.29) is 0 Å². The van der Waals surface area contributed by atoms with Gasteiger partial charge in [0.05, 0.1) is 19.8 Å². The van der Waals surface area contributed by atoms with Crippen LogP contribution in [0.3, 0.4) is 0 Å². The van der Waals surface area contributed by atoms with E-state index in [0.29, 0.717) is 0 Å². The van der Waals surface area contributed by atoms with Crippen LogP contribution in [0, 0.1) is 0 Å². The number of methoxy groups -OCH3 is 2. The zero-order chi connectivity index (χ0) is 16.9. The Hall–Kier alpha value is -2.62. The second-order valence-electron chi connectivity index (χ2n) is 5.89. The lowest BCUT2D eigenvalue weighted by Crippen LogP contribution is -2.26. The molecular weight excluding hydrogens is 300 g/mol. The maximum Gasteiger partial charge on any atom is 0.211 e. The summed E-state index contributed by atoms with van der Waals surface area (Å²) in [4.78, 5) is 4.28. The molecule has 2 heterocycles. The van der Waals surface area contributed by atoms with Crippen LogP contribution in [0.15, 0.2) is 48.3 Å². The van der Waals surface area contributed by atoms with Crippen molar-refractivity contribution in [1.82, 2.24) is 4.98 Å². The van der Waals surface area contributed by atoms with Gasteiger partial charge in [-0.25, -0.2) is 4.58 Å². The molecular formula is C20H23N2O2+. The number of benzene rings is 1. The molecule has 0 fully saturated rings. The maximum atomic E-state index is 5.54. The van der Waals surface area contributed by atoms with Gasteiger partial charge in [0.15, 0.2) is 0 Å². The van der Waals surface area contributed by atoms with Crippen LogP contribution in [0.1, 0.15) is 24.0 Å². The first kappa shape index (κ1) is 16.2. The molecule has 0 spiro atoms. The van der Waals surface area contributed by atoms with Gasteiger partial charge < -0.3 is 9.47 Å². The number of hydrogen-bond donors (Lipinski definition) is 0. The van der Waals surface area contributed by atoms with Gasteiger partial charge in [0.2, 0.25) is 5.71 Å². The Morgan fingerprint density at radius 1 is 1.17 bits per heavy atom. The fourth-order valence-corrected chi connectivity index (χ4v) is 3.16. The van der Waals surface area contributed by atoms with Crippen molar-refractivity contribution < 1.29 is 14.0 Å². The molecule has 1 aliphatic heterocycles. The van der Waals surface area contributed by atoms with Gasteiger partial charge in [0.25, 0.3) is 0 Å². The number of pyridine rings is 1. The largest absolute Gasteiger partial charge is 0.497 e. The Balaban J connectivity index is 2.07. The number of ether oxygens (including phenoxy) is 2. The molecule has 124 valence electrons. The van der Waals surface area contributed by atoms with Crippen LogP contribution in [0.5, 0.6) is 11.5 Å². The fraction of sp³-hybridized carbons (Fsp3) is 0.300. The van der Waals surface area contributed by atoms with Crippen LogP contribution < -0.4 is 9.47 Å². The van der Waals surface area contributed by atoms with E-state index in [1.54, 1.807) is 14.2 Å². The third-order valence-corrected chi connectivity index (χ3v) is 4.33. The van der Waals surface area contributed by atoms with Gasteiger partial charge in [-0.3, -0.25) is 4.98 Å². The minimum Gasteiger partial charge on any atom is -0.497 e. The summed E-state index contributed by atoms with van der Waals surface area (Å²) in [7, 11) is 5.49. The molecule has 4 heteroatoms. The number of allylic oxidation sites excluding steroid dienone is 1. The summed E-state index contributed by atoms with van der Waals surface area (Å²) < 4.78 is 13.1. The summed E-state index contributed by atoms with van der Waals surface area (Å²) in [6, 6.07) is 10.0. The van der Waals surface area contributed by atoms with E-state index in [4.69, 9.17) is 9.47 Å². The molecule has 4 nitrogen and oxygen atoms in total. The zero-order valence-electron chi connectivity index (χ0n) is 14.5. The molecule has 3 rings (SSSR count). The van der Waals surface area contributed by atoms with Crippen molar-refractivity contribution >= 4 is 11.8 Å². The topological polar surface area (TPSA) is 34.4 Å². The molecule has 0 amide bonds. The first-order chi connectivity index (χ1) is 11.7. The predicted octanol–water partition coefficient (Wildman–Crippen LogP) is 3.41. The highest BCUT2D eigenvalue weighted by Gasteiger charge is 2.24. The molecule has 0 saturated heterocycles. The van der Waals surface area contributed by atoms with Crippen molar-refractivity contribution in [1.29, 1.82) is 0 Å². The molecule has 0 radical (unpaired) electrons.